The molecule has 0 bridgehead atoms. The lowest BCUT2D eigenvalue weighted by atomic mass is 10.3. The average molecular weight is 204 g/mol. The molecule has 76 valence electrons. The van der Waals surface area contributed by atoms with Crippen molar-refractivity contribution in [3.05, 3.63) is 23.7 Å². The summed E-state index contributed by atoms with van der Waals surface area (Å²) in [7, 11) is 1.55. The molecule has 0 atom stereocenters. The van der Waals surface area contributed by atoms with Gasteiger partial charge in [-0.1, -0.05) is 5.16 Å². The summed E-state index contributed by atoms with van der Waals surface area (Å²) in [5.74, 6) is 0.823. The normalized spacial score (nSPS) is 10.1. The highest BCUT2D eigenvalue weighted by atomic mass is 16.5. The number of ether oxygens (including phenoxy) is 1. The van der Waals surface area contributed by atoms with Crippen LogP contribution in [0.1, 0.15) is 11.4 Å². The number of rotatable bonds is 3. The van der Waals surface area contributed by atoms with E-state index in [1.165, 1.54) is 0 Å². The number of aromatic amines is 1. The maximum absolute atomic E-state index is 8.63. The van der Waals surface area contributed by atoms with Crippen LogP contribution >= 0.6 is 0 Å². The zero-order chi connectivity index (χ0) is 10.7. The summed E-state index contributed by atoms with van der Waals surface area (Å²) >= 11 is 0. The summed E-state index contributed by atoms with van der Waals surface area (Å²) in [5.41, 5.74) is 1.15. The minimum absolute atomic E-state index is 0.301. The molecule has 2 heterocycles. The van der Waals surface area contributed by atoms with Crippen molar-refractivity contribution >= 4 is 0 Å². The molecule has 0 amide bonds. The lowest BCUT2D eigenvalue weighted by Crippen LogP contribution is -1.89. The fourth-order valence-electron chi connectivity index (χ4n) is 1.13. The molecular weight excluding hydrogens is 196 g/mol. The lowest BCUT2D eigenvalue weighted by molar-refractivity contribution is 0.174. The number of aromatic nitrogens is 3. The number of nitrogens with zero attached hydrogens (tertiary/aromatic N) is 3. The number of nitrogens with one attached hydrogen (secondary N) is 1. The molecule has 2 rings (SSSR count). The van der Waals surface area contributed by atoms with E-state index in [4.69, 9.17) is 14.5 Å². The second-order valence-electron chi connectivity index (χ2n) is 2.86. The first-order valence-corrected chi connectivity index (χ1v) is 4.24. The Bertz CT molecular complexity index is 494. The van der Waals surface area contributed by atoms with Gasteiger partial charge >= 0.3 is 0 Å². The largest absolute Gasteiger partial charge is 0.377 e. The number of hydrogen-bond donors (Lipinski definition) is 1. The molecule has 0 aliphatic carbocycles. The van der Waals surface area contributed by atoms with Gasteiger partial charge in [-0.15, -0.1) is 0 Å². The standard InChI is InChI=1S/C9H8N4O2/c1-14-5-8-12-9(15-13-8)7-2-6(3-10)4-11-7/h2,4,11H,5H2,1H3. The van der Waals surface area contributed by atoms with Gasteiger partial charge in [0, 0.05) is 13.3 Å². The number of hydrogen-bond acceptors (Lipinski definition) is 5. The molecule has 6 nitrogen and oxygen atoms in total. The second kappa shape index (κ2) is 3.94. The highest BCUT2D eigenvalue weighted by molar-refractivity contribution is 5.51. The Morgan fingerprint density at radius 3 is 3.20 bits per heavy atom. The van der Waals surface area contributed by atoms with Crippen molar-refractivity contribution in [1.82, 2.24) is 15.1 Å². The summed E-state index contributed by atoms with van der Waals surface area (Å²) in [6, 6.07) is 3.65. The third-order valence-corrected chi connectivity index (χ3v) is 1.78. The van der Waals surface area contributed by atoms with E-state index in [9.17, 15) is 0 Å². The molecule has 0 aliphatic rings. The van der Waals surface area contributed by atoms with Crippen LogP contribution in [0.2, 0.25) is 0 Å². The van der Waals surface area contributed by atoms with Crippen LogP contribution in [0.15, 0.2) is 16.8 Å². The third kappa shape index (κ3) is 1.87. The zero-order valence-corrected chi connectivity index (χ0v) is 8.02. The van der Waals surface area contributed by atoms with Crippen LogP contribution in [-0.4, -0.2) is 22.2 Å². The molecule has 2 aromatic heterocycles. The molecule has 0 saturated heterocycles. The van der Waals surface area contributed by atoms with Crippen molar-refractivity contribution in [2.24, 2.45) is 0 Å². The third-order valence-electron chi connectivity index (χ3n) is 1.78. The first kappa shape index (κ1) is 9.43. The van der Waals surface area contributed by atoms with Crippen LogP contribution in [0.5, 0.6) is 0 Å². The molecule has 6 heteroatoms. The van der Waals surface area contributed by atoms with Crippen molar-refractivity contribution < 1.29 is 9.26 Å². The van der Waals surface area contributed by atoms with Crippen LogP contribution < -0.4 is 0 Å². The molecule has 0 aromatic carbocycles. The molecular formula is C9H8N4O2. The van der Waals surface area contributed by atoms with Gasteiger partial charge in [0.15, 0.2) is 5.82 Å². The maximum atomic E-state index is 8.63. The van der Waals surface area contributed by atoms with Crippen LogP contribution in [0.3, 0.4) is 0 Å². The molecule has 1 N–H and O–H groups in total. The molecule has 0 radical (unpaired) electrons. The van der Waals surface area contributed by atoms with E-state index in [1.807, 2.05) is 6.07 Å². The van der Waals surface area contributed by atoms with E-state index < -0.39 is 0 Å². The Morgan fingerprint density at radius 1 is 1.67 bits per heavy atom. The quantitative estimate of drug-likeness (QED) is 0.808. The number of H-pyrrole nitrogens is 1. The Kier molecular flexibility index (Phi) is 2.48. The van der Waals surface area contributed by atoms with Crippen LogP contribution in [0.25, 0.3) is 11.6 Å². The summed E-state index contributed by atoms with van der Waals surface area (Å²) in [6.45, 7) is 0.301. The number of nitriles is 1. The van der Waals surface area contributed by atoms with E-state index in [0.717, 1.165) is 0 Å². The highest BCUT2D eigenvalue weighted by Gasteiger charge is 2.10. The van der Waals surface area contributed by atoms with E-state index in [-0.39, 0.29) is 0 Å². The summed E-state index contributed by atoms with van der Waals surface area (Å²) in [5, 5.41) is 12.3. The lowest BCUT2D eigenvalue weighted by Gasteiger charge is -1.86. The van der Waals surface area contributed by atoms with Gasteiger partial charge in [-0.05, 0) is 6.07 Å². The Morgan fingerprint density at radius 2 is 2.53 bits per heavy atom. The Labute approximate surface area is 85.5 Å². The first-order chi connectivity index (χ1) is 7.33. The van der Waals surface area contributed by atoms with Gasteiger partial charge in [-0.25, -0.2) is 0 Å². The topological polar surface area (TPSA) is 87.7 Å². The molecule has 0 saturated carbocycles. The summed E-state index contributed by atoms with van der Waals surface area (Å²) in [4.78, 5) is 6.94. The number of methoxy groups -OCH3 is 1. The van der Waals surface area contributed by atoms with Crippen LogP contribution in [-0.2, 0) is 11.3 Å². The molecule has 0 spiro atoms. The van der Waals surface area contributed by atoms with Crippen molar-refractivity contribution in [1.29, 1.82) is 5.26 Å². The van der Waals surface area contributed by atoms with Crippen molar-refractivity contribution in [2.45, 2.75) is 6.61 Å². The SMILES string of the molecule is COCc1noc(-c2cc(C#N)c[nH]2)n1. The Balaban J connectivity index is 2.25. The fourth-order valence-corrected chi connectivity index (χ4v) is 1.13. The molecule has 0 aliphatic heterocycles. The van der Waals surface area contributed by atoms with Crippen LogP contribution in [0.4, 0.5) is 0 Å². The van der Waals surface area contributed by atoms with Gasteiger partial charge in [-0.2, -0.15) is 10.2 Å². The van der Waals surface area contributed by atoms with E-state index in [1.54, 1.807) is 19.4 Å². The van der Waals surface area contributed by atoms with Gasteiger partial charge in [0.25, 0.3) is 5.89 Å². The van der Waals surface area contributed by atoms with Gasteiger partial charge in [0.2, 0.25) is 0 Å². The molecule has 15 heavy (non-hydrogen) atoms. The molecule has 0 fully saturated rings. The van der Waals surface area contributed by atoms with Gasteiger partial charge in [-0.3, -0.25) is 0 Å². The van der Waals surface area contributed by atoms with Gasteiger partial charge < -0.3 is 14.2 Å². The second-order valence-corrected chi connectivity index (χ2v) is 2.86. The fraction of sp³-hybridized carbons (Fsp3) is 0.222. The minimum Gasteiger partial charge on any atom is -0.377 e. The first-order valence-electron chi connectivity index (χ1n) is 4.24. The van der Waals surface area contributed by atoms with E-state index in [0.29, 0.717) is 29.6 Å². The van der Waals surface area contributed by atoms with Gasteiger partial charge in [0.1, 0.15) is 18.4 Å². The smallest absolute Gasteiger partial charge is 0.274 e. The maximum Gasteiger partial charge on any atom is 0.274 e. The average Bonchev–Trinajstić information content (AvgIpc) is 2.85. The van der Waals surface area contributed by atoms with Crippen molar-refractivity contribution in [3.8, 4) is 17.7 Å². The summed E-state index contributed by atoms with van der Waals surface area (Å²) in [6.07, 6.45) is 1.58. The zero-order valence-electron chi connectivity index (χ0n) is 8.02. The predicted octanol–water partition coefficient (Wildman–Crippen LogP) is 1.08. The van der Waals surface area contributed by atoms with E-state index >= 15 is 0 Å². The highest BCUT2D eigenvalue weighted by Crippen LogP contribution is 2.16. The molecule has 0 unspecified atom stereocenters. The molecule has 2 aromatic rings. The predicted molar refractivity (Wildman–Crippen MR) is 49.5 cm³/mol. The monoisotopic (exact) mass is 204 g/mol. The summed E-state index contributed by atoms with van der Waals surface area (Å²) < 4.78 is 9.84. The minimum atomic E-state index is 0.301. The Hall–Kier alpha value is -2.13. The van der Waals surface area contributed by atoms with Crippen molar-refractivity contribution in [2.75, 3.05) is 7.11 Å². The van der Waals surface area contributed by atoms with Gasteiger partial charge in [0.05, 0.1) is 5.56 Å². The van der Waals surface area contributed by atoms with Crippen molar-refractivity contribution in [3.63, 3.8) is 0 Å². The van der Waals surface area contributed by atoms with E-state index in [2.05, 4.69) is 15.1 Å². The van der Waals surface area contributed by atoms with Crippen LogP contribution in [0, 0.1) is 11.3 Å².